The molecule has 0 spiro atoms. The van der Waals surface area contributed by atoms with Gasteiger partial charge in [-0.15, -0.1) is 0 Å². The third kappa shape index (κ3) is 4.02. The normalized spacial score (nSPS) is 28.7. The van der Waals surface area contributed by atoms with Crippen molar-refractivity contribution in [2.24, 2.45) is 5.73 Å². The summed E-state index contributed by atoms with van der Waals surface area (Å²) in [7, 11) is 1.75. The number of thiocarbonyl (C=S) groups is 1. The van der Waals surface area contributed by atoms with Gasteiger partial charge in [-0.1, -0.05) is 12.2 Å². The maximum Gasteiger partial charge on any atom is 0.0989 e. The van der Waals surface area contributed by atoms with Crippen LogP contribution in [0.25, 0.3) is 0 Å². The molecule has 0 aromatic carbocycles. The highest BCUT2D eigenvalue weighted by Crippen LogP contribution is 2.22. The average Bonchev–Trinajstić information content (AvgIpc) is 2.15. The van der Waals surface area contributed by atoms with Gasteiger partial charge in [0.2, 0.25) is 0 Å². The Morgan fingerprint density at radius 1 is 1.46 bits per heavy atom. The first-order valence-electron chi connectivity index (χ1n) is 4.65. The number of methoxy groups -OCH3 is 1. The molecule has 76 valence electrons. The quantitative estimate of drug-likeness (QED) is 0.698. The average molecular weight is 203 g/mol. The molecule has 2 unspecified atom stereocenters. The first-order valence-corrected chi connectivity index (χ1v) is 5.06. The molecule has 0 bridgehead atoms. The van der Waals surface area contributed by atoms with Crippen LogP contribution in [-0.2, 0) is 9.47 Å². The minimum atomic E-state index is 0.278. The van der Waals surface area contributed by atoms with Crippen LogP contribution in [0.5, 0.6) is 0 Å². The second-order valence-electron chi connectivity index (χ2n) is 3.42. The molecule has 1 aliphatic carbocycles. The lowest BCUT2D eigenvalue weighted by molar-refractivity contribution is -0.0172. The zero-order chi connectivity index (χ0) is 9.68. The smallest absolute Gasteiger partial charge is 0.0989 e. The van der Waals surface area contributed by atoms with Crippen molar-refractivity contribution in [1.82, 2.24) is 0 Å². The topological polar surface area (TPSA) is 44.5 Å². The molecule has 0 aromatic heterocycles. The molecule has 0 radical (unpaired) electrons. The fraction of sp³-hybridized carbons (Fsp3) is 0.889. The highest BCUT2D eigenvalue weighted by atomic mass is 32.1. The summed E-state index contributed by atoms with van der Waals surface area (Å²) in [4.78, 5) is 0.430. The van der Waals surface area contributed by atoms with Crippen LogP contribution in [0.2, 0.25) is 0 Å². The molecule has 1 rings (SSSR count). The van der Waals surface area contributed by atoms with Crippen LogP contribution in [-0.4, -0.2) is 30.9 Å². The van der Waals surface area contributed by atoms with E-state index in [0.29, 0.717) is 17.7 Å². The summed E-state index contributed by atoms with van der Waals surface area (Å²) in [6, 6.07) is 0. The van der Waals surface area contributed by atoms with Crippen molar-refractivity contribution < 1.29 is 9.47 Å². The van der Waals surface area contributed by atoms with E-state index in [1.165, 1.54) is 6.42 Å². The van der Waals surface area contributed by atoms with Crippen molar-refractivity contribution in [3.63, 3.8) is 0 Å². The molecule has 1 fully saturated rings. The minimum Gasteiger partial charge on any atom is -0.391 e. The Morgan fingerprint density at radius 3 is 2.77 bits per heavy atom. The van der Waals surface area contributed by atoms with Crippen LogP contribution in [0.3, 0.4) is 0 Å². The standard InChI is InChI=1S/C9H17NO2S/c1-11-7-3-2-4-8(5-7)12-6-9(10)13/h7-8H,2-6H2,1H3,(H2,10,13). The first-order chi connectivity index (χ1) is 6.22. The zero-order valence-corrected chi connectivity index (χ0v) is 8.81. The van der Waals surface area contributed by atoms with E-state index in [2.05, 4.69) is 0 Å². The van der Waals surface area contributed by atoms with Crippen LogP contribution in [0.1, 0.15) is 25.7 Å². The maximum atomic E-state index is 5.53. The Balaban J connectivity index is 2.21. The predicted molar refractivity (Wildman–Crippen MR) is 55.8 cm³/mol. The Kier molecular flexibility index (Phi) is 4.62. The summed E-state index contributed by atoms with van der Waals surface area (Å²) in [6.07, 6.45) is 5.01. The summed E-state index contributed by atoms with van der Waals surface area (Å²) in [5, 5.41) is 0. The van der Waals surface area contributed by atoms with E-state index in [1.807, 2.05) is 0 Å². The highest BCUT2D eigenvalue weighted by Gasteiger charge is 2.21. The molecule has 0 saturated heterocycles. The van der Waals surface area contributed by atoms with E-state index in [0.717, 1.165) is 19.3 Å². The maximum absolute atomic E-state index is 5.53. The third-order valence-corrected chi connectivity index (χ3v) is 2.49. The van der Waals surface area contributed by atoms with Gasteiger partial charge in [0.1, 0.15) is 0 Å². The van der Waals surface area contributed by atoms with Gasteiger partial charge < -0.3 is 15.2 Å². The van der Waals surface area contributed by atoms with Crippen molar-refractivity contribution in [2.75, 3.05) is 13.7 Å². The Labute approximate surface area is 84.6 Å². The van der Waals surface area contributed by atoms with Crippen molar-refractivity contribution in [1.29, 1.82) is 0 Å². The summed E-state index contributed by atoms with van der Waals surface area (Å²) in [6.45, 7) is 0.399. The number of hydrogen-bond acceptors (Lipinski definition) is 3. The number of hydrogen-bond donors (Lipinski definition) is 1. The van der Waals surface area contributed by atoms with Crippen molar-refractivity contribution in [3.8, 4) is 0 Å². The van der Waals surface area contributed by atoms with Gasteiger partial charge in [-0.3, -0.25) is 0 Å². The summed E-state index contributed by atoms with van der Waals surface area (Å²) in [5.41, 5.74) is 5.35. The van der Waals surface area contributed by atoms with Gasteiger partial charge in [-0.25, -0.2) is 0 Å². The molecule has 2 N–H and O–H groups in total. The van der Waals surface area contributed by atoms with E-state index < -0.39 is 0 Å². The Bertz CT molecular complexity index is 175. The predicted octanol–water partition coefficient (Wildman–Crippen LogP) is 1.25. The summed E-state index contributed by atoms with van der Waals surface area (Å²) in [5.74, 6) is 0. The molecular weight excluding hydrogens is 186 g/mol. The van der Waals surface area contributed by atoms with Crippen LogP contribution in [0.4, 0.5) is 0 Å². The lowest BCUT2D eigenvalue weighted by atomic mass is 9.95. The largest absolute Gasteiger partial charge is 0.391 e. The molecule has 1 aliphatic rings. The second-order valence-corrected chi connectivity index (χ2v) is 3.95. The fourth-order valence-corrected chi connectivity index (χ4v) is 1.74. The minimum absolute atomic E-state index is 0.278. The van der Waals surface area contributed by atoms with Crippen molar-refractivity contribution in [3.05, 3.63) is 0 Å². The molecule has 4 heteroatoms. The van der Waals surface area contributed by atoms with Crippen LogP contribution in [0, 0.1) is 0 Å². The molecule has 2 atom stereocenters. The van der Waals surface area contributed by atoms with Gasteiger partial charge in [0, 0.05) is 7.11 Å². The molecule has 0 heterocycles. The van der Waals surface area contributed by atoms with Crippen molar-refractivity contribution in [2.45, 2.75) is 37.9 Å². The molecule has 0 aromatic rings. The van der Waals surface area contributed by atoms with E-state index in [4.69, 9.17) is 27.4 Å². The van der Waals surface area contributed by atoms with Gasteiger partial charge >= 0.3 is 0 Å². The third-order valence-electron chi connectivity index (χ3n) is 2.37. The second kappa shape index (κ2) is 5.52. The van der Waals surface area contributed by atoms with Gasteiger partial charge in [-0.05, 0) is 25.7 Å². The van der Waals surface area contributed by atoms with E-state index in [1.54, 1.807) is 7.11 Å². The zero-order valence-electron chi connectivity index (χ0n) is 7.99. The van der Waals surface area contributed by atoms with E-state index >= 15 is 0 Å². The fourth-order valence-electron chi connectivity index (χ4n) is 1.67. The first kappa shape index (κ1) is 10.9. The van der Waals surface area contributed by atoms with Crippen LogP contribution in [0.15, 0.2) is 0 Å². The number of ether oxygens (including phenoxy) is 2. The van der Waals surface area contributed by atoms with Gasteiger partial charge in [0.15, 0.2) is 0 Å². The Morgan fingerprint density at radius 2 is 2.15 bits per heavy atom. The van der Waals surface area contributed by atoms with Gasteiger partial charge in [0.25, 0.3) is 0 Å². The summed E-state index contributed by atoms with van der Waals surface area (Å²) < 4.78 is 10.8. The number of nitrogens with two attached hydrogens (primary N) is 1. The van der Waals surface area contributed by atoms with Crippen LogP contribution < -0.4 is 5.73 Å². The van der Waals surface area contributed by atoms with E-state index in [9.17, 15) is 0 Å². The molecular formula is C9H17NO2S. The SMILES string of the molecule is COC1CCCC(OCC(N)=S)C1. The molecule has 13 heavy (non-hydrogen) atoms. The van der Waals surface area contributed by atoms with Gasteiger partial charge in [-0.2, -0.15) is 0 Å². The van der Waals surface area contributed by atoms with Crippen LogP contribution >= 0.6 is 12.2 Å². The molecule has 1 saturated carbocycles. The highest BCUT2D eigenvalue weighted by molar-refractivity contribution is 7.80. The lowest BCUT2D eigenvalue weighted by Gasteiger charge is -2.27. The van der Waals surface area contributed by atoms with E-state index in [-0.39, 0.29) is 6.10 Å². The van der Waals surface area contributed by atoms with Crippen molar-refractivity contribution >= 4 is 17.2 Å². The molecule has 3 nitrogen and oxygen atoms in total. The monoisotopic (exact) mass is 203 g/mol. The lowest BCUT2D eigenvalue weighted by Crippen LogP contribution is -2.30. The molecule has 0 aliphatic heterocycles. The Hall–Kier alpha value is -0.190. The summed E-state index contributed by atoms with van der Waals surface area (Å²) >= 11 is 4.74. The van der Waals surface area contributed by atoms with Gasteiger partial charge in [0.05, 0.1) is 23.8 Å². The molecule has 0 amide bonds. The number of rotatable bonds is 4.